The molecule has 7 heteroatoms. The monoisotopic (exact) mass is 383 g/mol. The second-order valence-corrected chi connectivity index (χ2v) is 4.66. The molecular formula is C12H6F4INO. The van der Waals surface area contributed by atoms with Crippen LogP contribution in [0.4, 0.5) is 17.6 Å². The molecule has 1 heterocycles. The van der Waals surface area contributed by atoms with Crippen molar-refractivity contribution in [3.8, 4) is 16.9 Å². The summed E-state index contributed by atoms with van der Waals surface area (Å²) in [6.45, 7) is 0. The van der Waals surface area contributed by atoms with Crippen molar-refractivity contribution in [2.75, 3.05) is 0 Å². The molecule has 0 N–H and O–H groups in total. The van der Waals surface area contributed by atoms with Crippen LogP contribution in [0.1, 0.15) is 0 Å². The molecule has 0 unspecified atom stereocenters. The Bertz CT molecular complexity index is 580. The lowest BCUT2D eigenvalue weighted by atomic mass is 10.1. The lowest BCUT2D eigenvalue weighted by molar-refractivity contribution is -0.274. The molecule has 1 aromatic heterocycles. The van der Waals surface area contributed by atoms with Gasteiger partial charge in [0.25, 0.3) is 0 Å². The van der Waals surface area contributed by atoms with Gasteiger partial charge in [-0.15, -0.1) is 13.2 Å². The number of para-hydroxylation sites is 1. The molecule has 2 aromatic rings. The second kappa shape index (κ2) is 5.32. The molecule has 0 atom stereocenters. The van der Waals surface area contributed by atoms with E-state index in [1.165, 1.54) is 30.5 Å². The number of alkyl halides is 3. The predicted molar refractivity (Wildman–Crippen MR) is 69.0 cm³/mol. The smallest absolute Gasteiger partial charge is 0.405 e. The van der Waals surface area contributed by atoms with Gasteiger partial charge in [-0.3, -0.25) is 0 Å². The normalized spacial score (nSPS) is 11.4. The molecular weight excluding hydrogens is 377 g/mol. The SMILES string of the molecule is Fc1nccc(I)c1-c1ccccc1OC(F)(F)F. The van der Waals surface area contributed by atoms with Crippen LogP contribution < -0.4 is 4.74 Å². The molecule has 0 spiro atoms. The summed E-state index contributed by atoms with van der Waals surface area (Å²) in [7, 11) is 0. The molecule has 0 amide bonds. The number of nitrogens with zero attached hydrogens (tertiary/aromatic N) is 1. The van der Waals surface area contributed by atoms with Gasteiger partial charge in [0, 0.05) is 15.3 Å². The first-order valence-corrected chi connectivity index (χ1v) is 6.11. The summed E-state index contributed by atoms with van der Waals surface area (Å²) in [4.78, 5) is 3.45. The van der Waals surface area contributed by atoms with E-state index in [0.717, 1.165) is 6.07 Å². The maximum atomic E-state index is 13.7. The van der Waals surface area contributed by atoms with Crippen molar-refractivity contribution >= 4 is 22.6 Å². The van der Waals surface area contributed by atoms with Crippen LogP contribution in [0.3, 0.4) is 0 Å². The van der Waals surface area contributed by atoms with Crippen LogP contribution in [-0.2, 0) is 0 Å². The summed E-state index contributed by atoms with van der Waals surface area (Å²) in [5, 5.41) is 0. The van der Waals surface area contributed by atoms with Crippen molar-refractivity contribution in [3.63, 3.8) is 0 Å². The number of rotatable bonds is 2. The summed E-state index contributed by atoms with van der Waals surface area (Å²) in [5.74, 6) is -1.30. The Balaban J connectivity index is 2.57. The Kier molecular flexibility index (Phi) is 3.93. The maximum absolute atomic E-state index is 13.7. The Morgan fingerprint density at radius 3 is 2.42 bits per heavy atom. The highest BCUT2D eigenvalue weighted by molar-refractivity contribution is 14.1. The molecule has 0 aliphatic rings. The third-order valence-electron chi connectivity index (χ3n) is 2.24. The summed E-state index contributed by atoms with van der Waals surface area (Å²) >= 11 is 1.83. The first kappa shape index (κ1) is 14.0. The van der Waals surface area contributed by atoms with Crippen LogP contribution in [-0.4, -0.2) is 11.3 Å². The summed E-state index contributed by atoms with van der Waals surface area (Å²) < 4.78 is 55.0. The molecule has 2 rings (SSSR count). The molecule has 100 valence electrons. The fourth-order valence-electron chi connectivity index (χ4n) is 1.54. The predicted octanol–water partition coefficient (Wildman–Crippen LogP) is 4.39. The van der Waals surface area contributed by atoms with E-state index in [2.05, 4.69) is 9.72 Å². The third-order valence-corrected chi connectivity index (χ3v) is 3.13. The van der Waals surface area contributed by atoms with Crippen LogP contribution in [0.5, 0.6) is 5.75 Å². The topological polar surface area (TPSA) is 22.1 Å². The Morgan fingerprint density at radius 1 is 1.11 bits per heavy atom. The summed E-state index contributed by atoms with van der Waals surface area (Å²) in [6.07, 6.45) is -3.59. The van der Waals surface area contributed by atoms with Gasteiger partial charge in [0.1, 0.15) is 5.75 Å². The lowest BCUT2D eigenvalue weighted by Gasteiger charge is -2.14. The fraction of sp³-hybridized carbons (Fsp3) is 0.0833. The van der Waals surface area contributed by atoms with Crippen molar-refractivity contribution in [2.24, 2.45) is 0 Å². The standard InChI is InChI=1S/C12H6F4INO/c13-11-10(8(17)5-6-18-11)7-3-1-2-4-9(7)19-12(14,15)16/h1-6H. The van der Waals surface area contributed by atoms with Gasteiger partial charge in [-0.05, 0) is 34.7 Å². The number of hydrogen-bond acceptors (Lipinski definition) is 2. The van der Waals surface area contributed by atoms with E-state index in [-0.39, 0.29) is 11.1 Å². The maximum Gasteiger partial charge on any atom is 0.573 e. The molecule has 0 radical (unpaired) electrons. The van der Waals surface area contributed by atoms with Gasteiger partial charge in [-0.25, -0.2) is 4.98 Å². The lowest BCUT2D eigenvalue weighted by Crippen LogP contribution is -2.17. The summed E-state index contributed by atoms with van der Waals surface area (Å²) in [5.41, 5.74) is -0.00206. The summed E-state index contributed by atoms with van der Waals surface area (Å²) in [6, 6.07) is 6.87. The van der Waals surface area contributed by atoms with Gasteiger partial charge < -0.3 is 4.74 Å². The van der Waals surface area contributed by atoms with E-state index in [0.29, 0.717) is 3.57 Å². The highest BCUT2D eigenvalue weighted by Crippen LogP contribution is 2.36. The molecule has 0 fully saturated rings. The van der Waals surface area contributed by atoms with Gasteiger partial charge in [0.05, 0.1) is 5.56 Å². The zero-order valence-corrected chi connectivity index (χ0v) is 11.4. The molecule has 19 heavy (non-hydrogen) atoms. The van der Waals surface area contributed by atoms with Gasteiger partial charge in [0.2, 0.25) is 5.95 Å². The number of halogens is 5. The van der Waals surface area contributed by atoms with Gasteiger partial charge in [-0.2, -0.15) is 4.39 Å². The zero-order valence-electron chi connectivity index (χ0n) is 9.21. The highest BCUT2D eigenvalue weighted by atomic mass is 127. The number of aromatic nitrogens is 1. The van der Waals surface area contributed by atoms with Crippen LogP contribution in [0.2, 0.25) is 0 Å². The highest BCUT2D eigenvalue weighted by Gasteiger charge is 2.32. The second-order valence-electron chi connectivity index (χ2n) is 3.50. The Hall–Kier alpha value is -1.38. The van der Waals surface area contributed by atoms with E-state index < -0.39 is 18.1 Å². The molecule has 0 aliphatic heterocycles. The molecule has 0 aliphatic carbocycles. The largest absolute Gasteiger partial charge is 0.573 e. The minimum Gasteiger partial charge on any atom is -0.405 e. The van der Waals surface area contributed by atoms with Gasteiger partial charge in [-0.1, -0.05) is 18.2 Å². The molecule has 2 nitrogen and oxygen atoms in total. The number of hydrogen-bond donors (Lipinski definition) is 0. The molecule has 1 aromatic carbocycles. The van der Waals surface area contributed by atoms with E-state index in [9.17, 15) is 17.6 Å². The van der Waals surface area contributed by atoms with E-state index >= 15 is 0 Å². The van der Waals surface area contributed by atoms with E-state index in [4.69, 9.17) is 0 Å². The molecule has 0 saturated heterocycles. The van der Waals surface area contributed by atoms with Crippen LogP contribution in [0.25, 0.3) is 11.1 Å². The Labute approximate surface area is 119 Å². The average Bonchev–Trinajstić information content (AvgIpc) is 2.29. The fourth-order valence-corrected chi connectivity index (χ4v) is 2.22. The van der Waals surface area contributed by atoms with Gasteiger partial charge >= 0.3 is 6.36 Å². The average molecular weight is 383 g/mol. The minimum atomic E-state index is -4.83. The van der Waals surface area contributed by atoms with Crippen LogP contribution in [0.15, 0.2) is 36.5 Å². The minimum absolute atomic E-state index is 0.00910. The van der Waals surface area contributed by atoms with Gasteiger partial charge in [0.15, 0.2) is 0 Å². The van der Waals surface area contributed by atoms with Crippen molar-refractivity contribution in [3.05, 3.63) is 46.0 Å². The quantitative estimate of drug-likeness (QED) is 0.436. The number of ether oxygens (including phenoxy) is 1. The third kappa shape index (κ3) is 3.34. The number of benzene rings is 1. The first-order chi connectivity index (χ1) is 8.88. The van der Waals surface area contributed by atoms with E-state index in [1.807, 2.05) is 22.6 Å². The number of pyridine rings is 1. The van der Waals surface area contributed by atoms with Crippen molar-refractivity contribution in [1.82, 2.24) is 4.98 Å². The van der Waals surface area contributed by atoms with Crippen LogP contribution in [0, 0.1) is 9.52 Å². The Morgan fingerprint density at radius 2 is 1.79 bits per heavy atom. The first-order valence-electron chi connectivity index (χ1n) is 5.03. The van der Waals surface area contributed by atoms with Crippen molar-refractivity contribution in [1.29, 1.82) is 0 Å². The molecule has 0 bridgehead atoms. The van der Waals surface area contributed by atoms with Crippen molar-refractivity contribution < 1.29 is 22.3 Å². The zero-order chi connectivity index (χ0) is 14.0. The van der Waals surface area contributed by atoms with Crippen molar-refractivity contribution in [2.45, 2.75) is 6.36 Å². The molecule has 0 saturated carbocycles. The van der Waals surface area contributed by atoms with Crippen LogP contribution >= 0.6 is 22.6 Å². The van der Waals surface area contributed by atoms with E-state index in [1.54, 1.807) is 0 Å².